The van der Waals surface area contributed by atoms with Crippen molar-refractivity contribution in [3.63, 3.8) is 0 Å². The maximum atomic E-state index is 13.2. The Bertz CT molecular complexity index is 303. The normalized spacial score (nSPS) is 13.4. The van der Waals surface area contributed by atoms with Crippen LogP contribution in [0.5, 0.6) is 0 Å². The number of hydrogen-bond donors (Lipinski definition) is 1. The Morgan fingerprint density at radius 3 is 2.46 bits per heavy atom. The molecule has 0 amide bonds. The van der Waals surface area contributed by atoms with Gasteiger partial charge in [0.1, 0.15) is 16.8 Å². The SMILES string of the molecule is OC(c1cccc(Cl)c1F)C(Cl)Cl. The Labute approximate surface area is 90.0 Å². The van der Waals surface area contributed by atoms with E-state index in [1.807, 2.05) is 0 Å². The molecule has 1 atom stereocenters. The molecule has 0 bridgehead atoms. The monoisotopic (exact) mass is 242 g/mol. The fraction of sp³-hybridized carbons (Fsp3) is 0.250. The Balaban J connectivity index is 3.07. The summed E-state index contributed by atoms with van der Waals surface area (Å²) in [7, 11) is 0. The maximum absolute atomic E-state index is 13.2. The molecule has 0 aliphatic heterocycles. The lowest BCUT2D eigenvalue weighted by Crippen LogP contribution is -2.08. The second-order valence-electron chi connectivity index (χ2n) is 2.42. The van der Waals surface area contributed by atoms with Crippen molar-refractivity contribution in [3.8, 4) is 0 Å². The van der Waals surface area contributed by atoms with Gasteiger partial charge in [0, 0.05) is 5.56 Å². The molecule has 1 unspecified atom stereocenters. The van der Waals surface area contributed by atoms with Crippen LogP contribution in [0, 0.1) is 5.82 Å². The van der Waals surface area contributed by atoms with E-state index < -0.39 is 16.8 Å². The first-order valence-corrected chi connectivity index (χ1v) is 4.69. The van der Waals surface area contributed by atoms with E-state index in [4.69, 9.17) is 34.8 Å². The van der Waals surface area contributed by atoms with Crippen LogP contribution < -0.4 is 0 Å². The van der Waals surface area contributed by atoms with E-state index >= 15 is 0 Å². The summed E-state index contributed by atoms with van der Waals surface area (Å²) in [5, 5.41) is 9.28. The third-order valence-corrected chi connectivity index (χ3v) is 2.31. The van der Waals surface area contributed by atoms with E-state index in [2.05, 4.69) is 0 Å². The first-order valence-electron chi connectivity index (χ1n) is 3.44. The first kappa shape index (κ1) is 11.1. The fourth-order valence-corrected chi connectivity index (χ4v) is 1.34. The second-order valence-corrected chi connectivity index (χ2v) is 3.99. The zero-order valence-corrected chi connectivity index (χ0v) is 8.61. The minimum atomic E-state index is -1.26. The molecule has 0 saturated heterocycles. The topological polar surface area (TPSA) is 20.2 Å². The van der Waals surface area contributed by atoms with Crippen LogP contribution in [0.15, 0.2) is 18.2 Å². The molecule has 0 heterocycles. The van der Waals surface area contributed by atoms with E-state index in [0.717, 1.165) is 0 Å². The van der Waals surface area contributed by atoms with Crippen molar-refractivity contribution in [2.75, 3.05) is 0 Å². The van der Waals surface area contributed by atoms with Gasteiger partial charge in [-0.25, -0.2) is 4.39 Å². The van der Waals surface area contributed by atoms with E-state index in [1.165, 1.54) is 18.2 Å². The summed E-state index contributed by atoms with van der Waals surface area (Å²) >= 11 is 16.3. The maximum Gasteiger partial charge on any atom is 0.147 e. The lowest BCUT2D eigenvalue weighted by Gasteiger charge is -2.12. The van der Waals surface area contributed by atoms with Gasteiger partial charge >= 0.3 is 0 Å². The summed E-state index contributed by atoms with van der Waals surface area (Å²) < 4.78 is 13.2. The predicted octanol–water partition coefficient (Wildman–Crippen LogP) is 3.32. The van der Waals surface area contributed by atoms with E-state index in [9.17, 15) is 9.50 Å². The van der Waals surface area contributed by atoms with Crippen molar-refractivity contribution < 1.29 is 9.50 Å². The van der Waals surface area contributed by atoms with Gasteiger partial charge in [-0.15, -0.1) is 23.2 Å². The average Bonchev–Trinajstić information content (AvgIpc) is 2.08. The summed E-state index contributed by atoms with van der Waals surface area (Å²) in [5.41, 5.74) is 0.00231. The van der Waals surface area contributed by atoms with Crippen molar-refractivity contribution in [2.24, 2.45) is 0 Å². The lowest BCUT2D eigenvalue weighted by molar-refractivity contribution is 0.188. The van der Waals surface area contributed by atoms with Gasteiger partial charge in [-0.05, 0) is 6.07 Å². The Hall–Kier alpha value is -0.0200. The highest BCUT2D eigenvalue weighted by Gasteiger charge is 2.20. The number of hydrogen-bond acceptors (Lipinski definition) is 1. The van der Waals surface area contributed by atoms with Gasteiger partial charge in [0.05, 0.1) is 5.02 Å². The standard InChI is InChI=1S/C8H6Cl3FO/c9-5-3-1-2-4(6(5)12)7(13)8(10)11/h1-3,7-8,13H. The highest BCUT2D eigenvalue weighted by atomic mass is 35.5. The zero-order chi connectivity index (χ0) is 10.0. The molecule has 0 aliphatic rings. The predicted molar refractivity (Wildman–Crippen MR) is 51.9 cm³/mol. The number of alkyl halides is 2. The molecule has 1 aromatic carbocycles. The average molecular weight is 243 g/mol. The van der Waals surface area contributed by atoms with Crippen molar-refractivity contribution >= 4 is 34.8 Å². The van der Waals surface area contributed by atoms with Gasteiger partial charge in [-0.3, -0.25) is 0 Å². The zero-order valence-electron chi connectivity index (χ0n) is 6.35. The van der Waals surface area contributed by atoms with Gasteiger partial charge in [-0.1, -0.05) is 23.7 Å². The van der Waals surface area contributed by atoms with Gasteiger partial charge in [0.15, 0.2) is 0 Å². The van der Waals surface area contributed by atoms with E-state index in [-0.39, 0.29) is 10.6 Å². The van der Waals surface area contributed by atoms with Crippen LogP contribution in [-0.4, -0.2) is 9.94 Å². The molecule has 1 aromatic rings. The van der Waals surface area contributed by atoms with Crippen LogP contribution >= 0.6 is 34.8 Å². The Kier molecular flexibility index (Phi) is 3.80. The van der Waals surface area contributed by atoms with Crippen LogP contribution in [0.2, 0.25) is 5.02 Å². The molecule has 0 saturated carbocycles. The van der Waals surface area contributed by atoms with Crippen molar-refractivity contribution in [2.45, 2.75) is 10.9 Å². The molecule has 0 spiro atoms. The van der Waals surface area contributed by atoms with Gasteiger partial charge in [0.25, 0.3) is 0 Å². The molecule has 0 radical (unpaired) electrons. The van der Waals surface area contributed by atoms with Crippen molar-refractivity contribution in [3.05, 3.63) is 34.6 Å². The minimum absolute atomic E-state index is 0.00231. The number of aliphatic hydroxyl groups excluding tert-OH is 1. The second kappa shape index (κ2) is 4.47. The van der Waals surface area contributed by atoms with E-state index in [0.29, 0.717) is 0 Å². The minimum Gasteiger partial charge on any atom is -0.385 e. The van der Waals surface area contributed by atoms with Crippen molar-refractivity contribution in [1.29, 1.82) is 0 Å². The summed E-state index contributed by atoms with van der Waals surface area (Å²) in [6, 6.07) is 4.27. The molecule has 1 N–H and O–H groups in total. The van der Waals surface area contributed by atoms with Crippen LogP contribution in [0.1, 0.15) is 11.7 Å². The van der Waals surface area contributed by atoms with Gasteiger partial charge in [-0.2, -0.15) is 0 Å². The molecule has 13 heavy (non-hydrogen) atoms. The number of halogens is 4. The largest absolute Gasteiger partial charge is 0.385 e. The lowest BCUT2D eigenvalue weighted by atomic mass is 10.1. The summed E-state index contributed by atoms with van der Waals surface area (Å²) in [6.07, 6.45) is -1.26. The summed E-state index contributed by atoms with van der Waals surface area (Å²) in [6.45, 7) is 0. The van der Waals surface area contributed by atoms with Crippen LogP contribution in [0.4, 0.5) is 4.39 Å². The smallest absolute Gasteiger partial charge is 0.147 e. The number of benzene rings is 1. The molecule has 1 nitrogen and oxygen atoms in total. The third-order valence-electron chi connectivity index (χ3n) is 1.54. The quantitative estimate of drug-likeness (QED) is 0.790. The first-order chi connectivity index (χ1) is 6.04. The summed E-state index contributed by atoms with van der Waals surface area (Å²) in [5.74, 6) is -0.692. The highest BCUT2D eigenvalue weighted by Crippen LogP contribution is 2.28. The van der Waals surface area contributed by atoms with E-state index in [1.54, 1.807) is 0 Å². The Morgan fingerprint density at radius 2 is 1.92 bits per heavy atom. The molecular formula is C8H6Cl3FO. The van der Waals surface area contributed by atoms with Crippen LogP contribution in [0.25, 0.3) is 0 Å². The number of aliphatic hydroxyl groups is 1. The molecule has 5 heteroatoms. The van der Waals surface area contributed by atoms with Gasteiger partial charge < -0.3 is 5.11 Å². The molecule has 0 fully saturated rings. The van der Waals surface area contributed by atoms with Crippen LogP contribution in [0.3, 0.4) is 0 Å². The third kappa shape index (κ3) is 2.47. The Morgan fingerprint density at radius 1 is 1.31 bits per heavy atom. The summed E-state index contributed by atoms with van der Waals surface area (Å²) in [4.78, 5) is -1.08. The van der Waals surface area contributed by atoms with Gasteiger partial charge in [0.2, 0.25) is 0 Å². The molecule has 0 aromatic heterocycles. The molecular weight excluding hydrogens is 237 g/mol. The number of rotatable bonds is 2. The molecule has 72 valence electrons. The van der Waals surface area contributed by atoms with Crippen molar-refractivity contribution in [1.82, 2.24) is 0 Å². The van der Waals surface area contributed by atoms with Crippen LogP contribution in [-0.2, 0) is 0 Å². The fourth-order valence-electron chi connectivity index (χ4n) is 0.885. The molecule has 1 rings (SSSR count). The molecule has 0 aliphatic carbocycles. The highest BCUT2D eigenvalue weighted by molar-refractivity contribution is 6.44.